The molecule has 2 N–H and O–H groups in total. The standard InChI is InChI=1S/C12H23N3O3S/c16-12(13-4-7-15-5-1-2-6-15)14-9-11-3-8-19(17,18)10-11/h11H,1-10H2,(H2,13,14,16)/t11-/m0/s1. The highest BCUT2D eigenvalue weighted by Crippen LogP contribution is 2.17. The smallest absolute Gasteiger partial charge is 0.314 e. The number of urea groups is 1. The Morgan fingerprint density at radius 3 is 2.58 bits per heavy atom. The molecule has 2 aliphatic rings. The van der Waals surface area contributed by atoms with Crippen molar-refractivity contribution < 1.29 is 13.2 Å². The van der Waals surface area contributed by atoms with E-state index >= 15 is 0 Å². The number of hydrogen-bond acceptors (Lipinski definition) is 4. The highest BCUT2D eigenvalue weighted by atomic mass is 32.2. The van der Waals surface area contributed by atoms with Crippen LogP contribution in [0, 0.1) is 5.92 Å². The molecule has 6 nitrogen and oxygen atoms in total. The van der Waals surface area contributed by atoms with Crippen molar-refractivity contribution in [3.8, 4) is 0 Å². The number of sulfone groups is 1. The van der Waals surface area contributed by atoms with E-state index in [1.54, 1.807) is 0 Å². The second kappa shape index (κ2) is 6.56. The molecule has 0 spiro atoms. The van der Waals surface area contributed by atoms with Gasteiger partial charge in [-0.1, -0.05) is 0 Å². The van der Waals surface area contributed by atoms with Crippen LogP contribution in [0.25, 0.3) is 0 Å². The maximum Gasteiger partial charge on any atom is 0.314 e. The quantitative estimate of drug-likeness (QED) is 0.736. The summed E-state index contributed by atoms with van der Waals surface area (Å²) in [6.45, 7) is 4.25. The van der Waals surface area contributed by atoms with Crippen molar-refractivity contribution in [3.05, 3.63) is 0 Å². The van der Waals surface area contributed by atoms with Gasteiger partial charge in [-0.2, -0.15) is 0 Å². The van der Waals surface area contributed by atoms with Gasteiger partial charge in [0.25, 0.3) is 0 Å². The Labute approximate surface area is 114 Å². The first-order valence-corrected chi connectivity index (χ1v) is 8.82. The number of carbonyl (C=O) groups is 1. The molecule has 2 rings (SSSR count). The van der Waals surface area contributed by atoms with Crippen LogP contribution < -0.4 is 10.6 Å². The highest BCUT2D eigenvalue weighted by molar-refractivity contribution is 7.91. The minimum atomic E-state index is -2.85. The molecule has 2 heterocycles. The molecule has 0 bridgehead atoms. The van der Waals surface area contributed by atoms with Gasteiger partial charge in [-0.25, -0.2) is 13.2 Å². The third-order valence-corrected chi connectivity index (χ3v) is 5.63. The summed E-state index contributed by atoms with van der Waals surface area (Å²) in [7, 11) is -2.85. The molecule has 2 saturated heterocycles. The van der Waals surface area contributed by atoms with Crippen molar-refractivity contribution in [3.63, 3.8) is 0 Å². The van der Waals surface area contributed by atoms with E-state index in [4.69, 9.17) is 0 Å². The summed E-state index contributed by atoms with van der Waals surface area (Å²) in [4.78, 5) is 13.9. The van der Waals surface area contributed by atoms with Crippen LogP contribution in [-0.2, 0) is 9.84 Å². The third-order valence-electron chi connectivity index (χ3n) is 3.79. The van der Waals surface area contributed by atoms with Crippen LogP contribution in [0.4, 0.5) is 4.79 Å². The molecule has 19 heavy (non-hydrogen) atoms. The number of amides is 2. The van der Waals surface area contributed by atoms with Crippen LogP contribution in [0.3, 0.4) is 0 Å². The van der Waals surface area contributed by atoms with Gasteiger partial charge in [0, 0.05) is 19.6 Å². The monoisotopic (exact) mass is 289 g/mol. The first kappa shape index (κ1) is 14.6. The Kier molecular flexibility index (Phi) is 5.04. The van der Waals surface area contributed by atoms with Crippen molar-refractivity contribution >= 4 is 15.9 Å². The van der Waals surface area contributed by atoms with E-state index < -0.39 is 9.84 Å². The van der Waals surface area contributed by atoms with Gasteiger partial charge in [0.2, 0.25) is 0 Å². The molecule has 2 fully saturated rings. The van der Waals surface area contributed by atoms with Gasteiger partial charge >= 0.3 is 6.03 Å². The van der Waals surface area contributed by atoms with Crippen LogP contribution in [0.15, 0.2) is 0 Å². The highest BCUT2D eigenvalue weighted by Gasteiger charge is 2.27. The van der Waals surface area contributed by atoms with E-state index in [1.165, 1.54) is 12.8 Å². The summed E-state index contributed by atoms with van der Waals surface area (Å²) in [5, 5.41) is 5.57. The molecular formula is C12H23N3O3S. The first-order valence-electron chi connectivity index (χ1n) is 7.00. The third kappa shape index (κ3) is 4.99. The predicted molar refractivity (Wildman–Crippen MR) is 73.8 cm³/mol. The Bertz CT molecular complexity index is 404. The zero-order chi connectivity index (χ0) is 13.7. The molecule has 0 radical (unpaired) electrons. The molecule has 0 aliphatic carbocycles. The average molecular weight is 289 g/mol. The summed E-state index contributed by atoms with van der Waals surface area (Å²) in [6.07, 6.45) is 3.17. The summed E-state index contributed by atoms with van der Waals surface area (Å²) >= 11 is 0. The van der Waals surface area contributed by atoms with Crippen molar-refractivity contribution in [1.82, 2.24) is 15.5 Å². The lowest BCUT2D eigenvalue weighted by atomic mass is 10.1. The molecule has 2 aliphatic heterocycles. The Morgan fingerprint density at radius 2 is 1.95 bits per heavy atom. The van der Waals surface area contributed by atoms with Gasteiger partial charge in [-0.15, -0.1) is 0 Å². The summed E-state index contributed by atoms with van der Waals surface area (Å²) in [5.74, 6) is 0.547. The van der Waals surface area contributed by atoms with E-state index in [1.807, 2.05) is 0 Å². The van der Waals surface area contributed by atoms with Crippen LogP contribution >= 0.6 is 0 Å². The van der Waals surface area contributed by atoms with Crippen LogP contribution in [0.5, 0.6) is 0 Å². The van der Waals surface area contributed by atoms with Crippen LogP contribution in [0.2, 0.25) is 0 Å². The predicted octanol–water partition coefficient (Wildman–Crippen LogP) is -0.184. The van der Waals surface area contributed by atoms with Gasteiger partial charge in [0.15, 0.2) is 9.84 Å². The van der Waals surface area contributed by atoms with E-state index in [0.29, 0.717) is 19.5 Å². The van der Waals surface area contributed by atoms with Gasteiger partial charge in [-0.05, 0) is 38.3 Å². The SMILES string of the molecule is O=C(NCCN1CCCC1)NC[C@@H]1CCS(=O)(=O)C1. The molecule has 110 valence electrons. The lowest BCUT2D eigenvalue weighted by Crippen LogP contribution is -2.41. The zero-order valence-electron chi connectivity index (χ0n) is 11.2. The van der Waals surface area contributed by atoms with Crippen molar-refractivity contribution in [2.24, 2.45) is 5.92 Å². The molecule has 0 aromatic carbocycles. The molecule has 2 amide bonds. The first-order chi connectivity index (χ1) is 9.05. The maximum absolute atomic E-state index is 11.5. The summed E-state index contributed by atoms with van der Waals surface area (Å²) < 4.78 is 22.5. The molecule has 0 saturated carbocycles. The second-order valence-corrected chi connectivity index (χ2v) is 7.68. The van der Waals surface area contributed by atoms with Crippen molar-refractivity contribution in [2.75, 3.05) is 44.2 Å². The number of nitrogens with zero attached hydrogens (tertiary/aromatic N) is 1. The van der Waals surface area contributed by atoms with Crippen molar-refractivity contribution in [1.29, 1.82) is 0 Å². The summed E-state index contributed by atoms with van der Waals surface area (Å²) in [6, 6.07) is -0.191. The molecule has 0 unspecified atom stereocenters. The van der Waals surface area contributed by atoms with E-state index in [9.17, 15) is 13.2 Å². The Balaban J connectivity index is 1.54. The number of nitrogens with one attached hydrogen (secondary N) is 2. The van der Waals surface area contributed by atoms with E-state index in [-0.39, 0.29) is 23.5 Å². The number of carbonyl (C=O) groups excluding carboxylic acids is 1. The minimum absolute atomic E-state index is 0.0781. The van der Waals surface area contributed by atoms with Crippen molar-refractivity contribution in [2.45, 2.75) is 19.3 Å². The zero-order valence-corrected chi connectivity index (χ0v) is 12.0. The Morgan fingerprint density at radius 1 is 1.21 bits per heavy atom. The van der Waals surface area contributed by atoms with Gasteiger partial charge < -0.3 is 15.5 Å². The normalized spacial score (nSPS) is 26.4. The molecular weight excluding hydrogens is 266 g/mol. The Hall–Kier alpha value is -0.820. The lowest BCUT2D eigenvalue weighted by Gasteiger charge is -2.15. The fraction of sp³-hybridized carbons (Fsp3) is 0.917. The van der Waals surface area contributed by atoms with Gasteiger partial charge in [-0.3, -0.25) is 0 Å². The maximum atomic E-state index is 11.5. The second-order valence-electron chi connectivity index (χ2n) is 5.45. The fourth-order valence-corrected chi connectivity index (χ4v) is 4.53. The van der Waals surface area contributed by atoms with Crippen LogP contribution in [-0.4, -0.2) is 63.6 Å². The molecule has 7 heteroatoms. The average Bonchev–Trinajstić information content (AvgIpc) is 2.96. The molecule has 0 aromatic rings. The van der Waals surface area contributed by atoms with E-state index in [0.717, 1.165) is 19.6 Å². The topological polar surface area (TPSA) is 78.5 Å². The van der Waals surface area contributed by atoms with Crippen LogP contribution in [0.1, 0.15) is 19.3 Å². The van der Waals surface area contributed by atoms with Gasteiger partial charge in [0.1, 0.15) is 0 Å². The van der Waals surface area contributed by atoms with Gasteiger partial charge in [0.05, 0.1) is 11.5 Å². The summed E-state index contributed by atoms with van der Waals surface area (Å²) in [5.41, 5.74) is 0. The van der Waals surface area contributed by atoms with E-state index in [2.05, 4.69) is 15.5 Å². The lowest BCUT2D eigenvalue weighted by molar-refractivity contribution is 0.237. The number of rotatable bonds is 5. The minimum Gasteiger partial charge on any atom is -0.338 e. The molecule has 0 aromatic heterocycles. The largest absolute Gasteiger partial charge is 0.338 e. The number of hydrogen-bond donors (Lipinski definition) is 2. The number of likely N-dealkylation sites (tertiary alicyclic amines) is 1. The molecule has 1 atom stereocenters. The fourth-order valence-electron chi connectivity index (χ4n) is 2.67.